The quantitative estimate of drug-likeness (QED) is 0.172. The van der Waals surface area contributed by atoms with E-state index in [2.05, 4.69) is 26.2 Å². The van der Waals surface area contributed by atoms with Gasteiger partial charge in [0.1, 0.15) is 41.6 Å². The minimum atomic E-state index is -1.14. The first kappa shape index (κ1) is 37.1. The van der Waals surface area contributed by atoms with Crippen molar-refractivity contribution in [2.45, 2.75) is 24.4 Å². The van der Waals surface area contributed by atoms with Crippen molar-refractivity contribution in [3.8, 4) is 34.1 Å². The maximum atomic E-state index is 15.5. The Labute approximate surface area is 333 Å². The van der Waals surface area contributed by atoms with Gasteiger partial charge >= 0.3 is 0 Å². The van der Waals surface area contributed by atoms with E-state index in [1.54, 1.807) is 42.5 Å². The molecule has 290 valence electrons. The number of amidine groups is 1. The lowest BCUT2D eigenvalue weighted by molar-refractivity contribution is -0.134. The first-order valence-corrected chi connectivity index (χ1v) is 19.0. The van der Waals surface area contributed by atoms with E-state index < -0.39 is 28.7 Å². The van der Waals surface area contributed by atoms with Crippen molar-refractivity contribution in [3.63, 3.8) is 0 Å². The van der Waals surface area contributed by atoms with Gasteiger partial charge in [0.2, 0.25) is 11.9 Å². The van der Waals surface area contributed by atoms with Crippen LogP contribution in [0, 0.1) is 24.5 Å². The molecule has 1 saturated heterocycles. The van der Waals surface area contributed by atoms with E-state index in [-0.39, 0.29) is 43.8 Å². The summed E-state index contributed by atoms with van der Waals surface area (Å²) in [4.78, 5) is 20.6. The van der Waals surface area contributed by atoms with Gasteiger partial charge in [-0.05, 0) is 90.7 Å². The number of halogens is 4. The molecule has 0 radical (unpaired) electrons. The fourth-order valence-corrected chi connectivity index (χ4v) is 8.46. The van der Waals surface area contributed by atoms with Gasteiger partial charge in [-0.3, -0.25) is 9.79 Å². The van der Waals surface area contributed by atoms with Gasteiger partial charge in [0.05, 0.1) is 26.4 Å². The number of rotatable bonds is 2. The van der Waals surface area contributed by atoms with Crippen molar-refractivity contribution in [3.05, 3.63) is 141 Å². The Morgan fingerprint density at radius 3 is 2.33 bits per heavy atom. The number of aromatic nitrogens is 1. The van der Waals surface area contributed by atoms with Gasteiger partial charge in [-0.1, -0.05) is 39.7 Å². The lowest BCUT2D eigenvalue weighted by atomic mass is 9.78. The number of pyridine rings is 1. The Morgan fingerprint density at radius 1 is 0.807 bits per heavy atom. The minimum absolute atomic E-state index is 0.00439. The van der Waals surface area contributed by atoms with Crippen LogP contribution in [0.25, 0.3) is 16.7 Å². The van der Waals surface area contributed by atoms with Crippen molar-refractivity contribution in [2.24, 2.45) is 10.7 Å². The number of carbonyl (C=O) groups is 1. The molecule has 57 heavy (non-hydrogen) atoms. The number of aryl methyl sites for hydroxylation is 1. The molecule has 10 nitrogen and oxygen atoms in total. The number of carbonyl (C=O) groups excluding carboxylic acids is 1. The van der Waals surface area contributed by atoms with E-state index in [1.807, 2.05) is 31.2 Å². The lowest BCUT2D eigenvalue weighted by Crippen LogP contribution is -2.56. The molecule has 2 atom stereocenters. The number of amides is 1. The number of aliphatic imine (C=N–C) groups is 1. The topological polar surface area (TPSA) is 127 Å². The van der Waals surface area contributed by atoms with Gasteiger partial charge in [-0.25, -0.2) is 13.8 Å². The van der Waals surface area contributed by atoms with Gasteiger partial charge < -0.3 is 34.7 Å². The highest BCUT2D eigenvalue weighted by molar-refractivity contribution is 9.10. The predicted octanol–water partition coefficient (Wildman–Crippen LogP) is 7.96. The SMILES string of the molecule is Cc1ccc2c(c1)[C@@]1(COCC(=O)N1)c1cc(Br)cc(F)c1O2.NC1=N[C@@]2(COC1)c1cc(-c3cccnc3F)ccc1Oc1c(F)cc(C3=CCOCC3)cc12. The summed E-state index contributed by atoms with van der Waals surface area (Å²) in [5.74, 6) is -0.366. The maximum Gasteiger partial charge on any atom is 0.247 e. The van der Waals surface area contributed by atoms with E-state index in [4.69, 9.17) is 34.4 Å². The number of hydrogen-bond donors (Lipinski definition) is 2. The summed E-state index contributed by atoms with van der Waals surface area (Å²) >= 11 is 3.31. The molecule has 4 aromatic carbocycles. The number of nitrogens with one attached hydrogen (secondary N) is 1. The predicted molar refractivity (Wildman–Crippen MR) is 208 cm³/mol. The molecular weight excluding hydrogens is 805 g/mol. The van der Waals surface area contributed by atoms with Gasteiger partial charge in [-0.15, -0.1) is 0 Å². The number of morpholine rings is 1. The Bertz CT molecular complexity index is 2550. The van der Waals surface area contributed by atoms with Crippen LogP contribution in [0.5, 0.6) is 23.0 Å². The van der Waals surface area contributed by atoms with E-state index in [1.165, 1.54) is 18.3 Å². The molecule has 5 aliphatic rings. The molecule has 5 aliphatic heterocycles. The van der Waals surface area contributed by atoms with Crippen LogP contribution in [0.2, 0.25) is 0 Å². The van der Waals surface area contributed by atoms with Crippen LogP contribution in [0.15, 0.2) is 94.5 Å². The highest BCUT2D eigenvalue weighted by Gasteiger charge is 2.48. The zero-order valence-corrected chi connectivity index (χ0v) is 32.1. The third-order valence-electron chi connectivity index (χ3n) is 10.6. The van der Waals surface area contributed by atoms with Crippen LogP contribution in [0.4, 0.5) is 13.2 Å². The van der Waals surface area contributed by atoms with Crippen LogP contribution in [-0.2, 0) is 30.1 Å². The van der Waals surface area contributed by atoms with E-state index in [0.29, 0.717) is 69.3 Å². The average molecular weight is 840 g/mol. The van der Waals surface area contributed by atoms with Gasteiger partial charge in [-0.2, -0.15) is 4.39 Å². The van der Waals surface area contributed by atoms with Crippen LogP contribution >= 0.6 is 15.9 Å². The molecule has 10 rings (SSSR count). The molecule has 2 spiro atoms. The molecule has 0 bridgehead atoms. The normalized spacial score (nSPS) is 21.6. The Morgan fingerprint density at radius 2 is 1.56 bits per heavy atom. The van der Waals surface area contributed by atoms with Crippen molar-refractivity contribution in [1.82, 2.24) is 10.3 Å². The summed E-state index contributed by atoms with van der Waals surface area (Å²) in [6.45, 7) is 3.54. The summed E-state index contributed by atoms with van der Waals surface area (Å²) in [5, 5.41) is 2.99. The summed E-state index contributed by atoms with van der Waals surface area (Å²) in [7, 11) is 0. The fourth-order valence-electron chi connectivity index (χ4n) is 8.03. The number of nitrogens with two attached hydrogens (primary N) is 1. The zero-order valence-electron chi connectivity index (χ0n) is 30.5. The largest absolute Gasteiger partial charge is 0.453 e. The molecule has 0 unspecified atom stereocenters. The smallest absolute Gasteiger partial charge is 0.247 e. The van der Waals surface area contributed by atoms with Crippen molar-refractivity contribution in [2.75, 3.05) is 39.6 Å². The average Bonchev–Trinajstić information content (AvgIpc) is 3.20. The molecule has 3 N–H and O–H groups in total. The van der Waals surface area contributed by atoms with E-state index >= 15 is 4.39 Å². The molecule has 6 heterocycles. The number of hydrogen-bond acceptors (Lipinski definition) is 9. The Kier molecular flexibility index (Phi) is 9.39. The molecule has 1 amide bonds. The standard InChI is InChI=1S/C26H21F2N3O3.C17H13BrFNO3/c27-21-12-17(15-5-8-32-9-6-15)11-20-24(21)34-22-4-3-16(18-2-1-7-30-25(18)28)10-19(22)26(20)14-33-13-23(29)31-26;1-9-2-3-14-11(4-9)17(8-22-7-15(21)20-17)12-5-10(18)6-13(19)16(12)23-14/h1-5,7,10-12H,6,8-9,13-14H2,(H2,29,31);2-6H,7-8H2,1H3,(H,20,21)/t26-;17-/m00/s1. The third kappa shape index (κ3) is 6.46. The number of nitrogens with zero attached hydrogens (tertiary/aromatic N) is 2. The molecule has 0 aliphatic carbocycles. The molecule has 1 fully saturated rings. The number of ether oxygens (including phenoxy) is 5. The van der Waals surface area contributed by atoms with E-state index in [9.17, 15) is 13.6 Å². The van der Waals surface area contributed by atoms with Gasteiger partial charge in [0.25, 0.3) is 0 Å². The van der Waals surface area contributed by atoms with Crippen molar-refractivity contribution in [1.29, 1.82) is 0 Å². The molecule has 1 aromatic heterocycles. The van der Waals surface area contributed by atoms with Crippen LogP contribution in [-0.4, -0.2) is 56.4 Å². The summed E-state index contributed by atoms with van der Waals surface area (Å²) < 4.78 is 73.5. The third-order valence-corrected chi connectivity index (χ3v) is 11.1. The Balaban J connectivity index is 0.000000160. The second-order valence-electron chi connectivity index (χ2n) is 14.3. The zero-order chi connectivity index (χ0) is 39.5. The molecular formula is C43H34BrF3N4O6. The first-order chi connectivity index (χ1) is 27.5. The summed E-state index contributed by atoms with van der Waals surface area (Å²) in [5.41, 5.74) is 10.2. The Hall–Kier alpha value is -5.54. The summed E-state index contributed by atoms with van der Waals surface area (Å²) in [6, 6.07) is 20.6. The van der Waals surface area contributed by atoms with Gasteiger partial charge in [0.15, 0.2) is 23.1 Å². The fraction of sp³-hybridized carbons (Fsp3) is 0.233. The highest BCUT2D eigenvalue weighted by atomic mass is 79.9. The van der Waals surface area contributed by atoms with Crippen LogP contribution < -0.4 is 20.5 Å². The van der Waals surface area contributed by atoms with Crippen LogP contribution in [0.3, 0.4) is 0 Å². The minimum Gasteiger partial charge on any atom is -0.453 e. The van der Waals surface area contributed by atoms with Gasteiger partial charge in [0, 0.05) is 38.5 Å². The maximum absolute atomic E-state index is 15.5. The van der Waals surface area contributed by atoms with Crippen molar-refractivity contribution >= 4 is 33.2 Å². The number of benzene rings is 4. The van der Waals surface area contributed by atoms with Crippen molar-refractivity contribution < 1.29 is 41.7 Å². The second-order valence-corrected chi connectivity index (χ2v) is 15.2. The second kappa shape index (κ2) is 14.4. The molecule has 14 heteroatoms. The monoisotopic (exact) mass is 838 g/mol. The first-order valence-electron chi connectivity index (χ1n) is 18.2. The number of fused-ring (bicyclic) bond motifs is 8. The molecule has 0 saturated carbocycles. The van der Waals surface area contributed by atoms with Crippen LogP contribution in [0.1, 0.15) is 39.8 Å². The lowest BCUT2D eigenvalue weighted by Gasteiger charge is -2.43. The molecule has 5 aromatic rings. The summed E-state index contributed by atoms with van der Waals surface area (Å²) in [6.07, 6.45) is 4.02. The van der Waals surface area contributed by atoms with E-state index in [0.717, 1.165) is 22.3 Å². The highest BCUT2D eigenvalue weighted by Crippen LogP contribution is 2.53.